The Kier molecular flexibility index (Phi) is 7.48. The van der Waals surface area contributed by atoms with Crippen LogP contribution >= 0.6 is 0 Å². The van der Waals surface area contributed by atoms with Crippen LogP contribution in [-0.4, -0.2) is 57.8 Å². The molecule has 1 amide bonds. The predicted molar refractivity (Wildman–Crippen MR) is 161 cm³/mol. The van der Waals surface area contributed by atoms with Crippen molar-refractivity contribution in [3.8, 4) is 23.5 Å². The standard InChI is InChI=1S/C33H30F2N8O/c1-20-12-21(2)26(33(44)42-10-8-40(18-22(42)3)30-15-27(34)24(17-37)13-28(30)35)14-25(20)32-39-38-31-19-41(9-11-43(31)32)29-7-5-4-6-23(29)16-36/h4-7,12-15,22H,8-11,18-19H2,1-3H3/t22-/m0/s1. The molecule has 2 aliphatic heterocycles. The number of carbonyl (C=O) groups is 1. The molecular formula is C33H30F2N8O. The molecule has 0 unspecified atom stereocenters. The normalized spacial score (nSPS) is 16.3. The Balaban J connectivity index is 1.24. The van der Waals surface area contributed by atoms with Gasteiger partial charge in [0, 0.05) is 56.0 Å². The van der Waals surface area contributed by atoms with Gasteiger partial charge in [-0.3, -0.25) is 4.79 Å². The fourth-order valence-electron chi connectivity index (χ4n) is 6.23. The molecule has 9 nitrogen and oxygen atoms in total. The van der Waals surface area contributed by atoms with Crippen LogP contribution in [0.15, 0.2) is 48.5 Å². The minimum Gasteiger partial charge on any atom is -0.365 e. The molecule has 0 radical (unpaired) electrons. The van der Waals surface area contributed by atoms with Gasteiger partial charge < -0.3 is 19.3 Å². The van der Waals surface area contributed by atoms with Crippen molar-refractivity contribution in [2.24, 2.45) is 0 Å². The first-order valence-corrected chi connectivity index (χ1v) is 14.4. The molecule has 0 aliphatic carbocycles. The van der Waals surface area contributed by atoms with Crippen LogP contribution in [0.25, 0.3) is 11.4 Å². The van der Waals surface area contributed by atoms with Crippen molar-refractivity contribution in [2.75, 3.05) is 36.0 Å². The first-order chi connectivity index (χ1) is 21.2. The van der Waals surface area contributed by atoms with E-state index in [1.807, 2.05) is 51.1 Å². The quantitative estimate of drug-likeness (QED) is 0.330. The van der Waals surface area contributed by atoms with Gasteiger partial charge in [0.1, 0.15) is 23.8 Å². The van der Waals surface area contributed by atoms with Gasteiger partial charge >= 0.3 is 0 Å². The summed E-state index contributed by atoms with van der Waals surface area (Å²) in [6.07, 6.45) is 0. The highest BCUT2D eigenvalue weighted by molar-refractivity contribution is 5.97. The molecule has 0 N–H and O–H groups in total. The molecule has 0 bridgehead atoms. The van der Waals surface area contributed by atoms with Gasteiger partial charge in [-0.2, -0.15) is 10.5 Å². The lowest BCUT2D eigenvalue weighted by Gasteiger charge is -2.41. The third kappa shape index (κ3) is 5.01. The van der Waals surface area contributed by atoms with Crippen LogP contribution in [-0.2, 0) is 13.1 Å². The number of hydrogen-bond donors (Lipinski definition) is 0. The minimum absolute atomic E-state index is 0.0838. The molecule has 222 valence electrons. The van der Waals surface area contributed by atoms with Crippen LogP contribution in [0.5, 0.6) is 0 Å². The van der Waals surface area contributed by atoms with Gasteiger partial charge in [0.15, 0.2) is 11.6 Å². The summed E-state index contributed by atoms with van der Waals surface area (Å²) in [4.78, 5) is 19.5. The second-order valence-corrected chi connectivity index (χ2v) is 11.3. The Labute approximate surface area is 254 Å². The van der Waals surface area contributed by atoms with E-state index in [0.717, 1.165) is 40.3 Å². The lowest BCUT2D eigenvalue weighted by molar-refractivity contribution is 0.0673. The molecule has 11 heteroatoms. The number of nitrogens with zero attached hydrogens (tertiary/aromatic N) is 8. The summed E-state index contributed by atoms with van der Waals surface area (Å²) in [6.45, 7) is 8.55. The zero-order chi connectivity index (χ0) is 31.1. The zero-order valence-corrected chi connectivity index (χ0v) is 24.7. The summed E-state index contributed by atoms with van der Waals surface area (Å²) >= 11 is 0. The maximum Gasteiger partial charge on any atom is 0.254 e. The van der Waals surface area contributed by atoms with Crippen molar-refractivity contribution >= 4 is 17.3 Å². The van der Waals surface area contributed by atoms with Gasteiger partial charge in [-0.15, -0.1) is 10.2 Å². The van der Waals surface area contributed by atoms with Crippen molar-refractivity contribution in [1.29, 1.82) is 10.5 Å². The van der Waals surface area contributed by atoms with Crippen LogP contribution in [0, 0.1) is 48.1 Å². The molecule has 1 saturated heterocycles. The summed E-state index contributed by atoms with van der Waals surface area (Å²) in [5, 5.41) is 27.6. The molecule has 2 aliphatic rings. The fraction of sp³-hybridized carbons (Fsp3) is 0.303. The number of amides is 1. The van der Waals surface area contributed by atoms with E-state index in [1.54, 1.807) is 21.9 Å². The largest absolute Gasteiger partial charge is 0.365 e. The molecule has 0 saturated carbocycles. The highest BCUT2D eigenvalue weighted by Gasteiger charge is 2.32. The molecule has 1 aromatic heterocycles. The van der Waals surface area contributed by atoms with E-state index < -0.39 is 11.6 Å². The Hall–Kier alpha value is -5.29. The summed E-state index contributed by atoms with van der Waals surface area (Å²) in [5.74, 6) is -0.102. The number of halogens is 2. The number of nitriles is 2. The van der Waals surface area contributed by atoms with Crippen molar-refractivity contribution in [3.05, 3.63) is 93.8 Å². The number of rotatable bonds is 4. The number of aryl methyl sites for hydroxylation is 2. The first-order valence-electron chi connectivity index (χ1n) is 14.4. The maximum atomic E-state index is 14.7. The van der Waals surface area contributed by atoms with Crippen molar-refractivity contribution in [2.45, 2.75) is 39.9 Å². The smallest absolute Gasteiger partial charge is 0.254 e. The third-order valence-electron chi connectivity index (χ3n) is 8.55. The molecule has 6 rings (SSSR count). The van der Waals surface area contributed by atoms with Gasteiger partial charge in [-0.05, 0) is 56.2 Å². The number of hydrogen-bond acceptors (Lipinski definition) is 7. The van der Waals surface area contributed by atoms with E-state index >= 15 is 0 Å². The van der Waals surface area contributed by atoms with Crippen molar-refractivity contribution in [3.63, 3.8) is 0 Å². The van der Waals surface area contributed by atoms with E-state index in [4.69, 9.17) is 5.26 Å². The van der Waals surface area contributed by atoms with Gasteiger partial charge in [-0.25, -0.2) is 8.78 Å². The molecule has 3 heterocycles. The number of fused-ring (bicyclic) bond motifs is 1. The number of piperazine rings is 1. The lowest BCUT2D eigenvalue weighted by Crippen LogP contribution is -2.54. The Bertz CT molecular complexity index is 1870. The Morgan fingerprint density at radius 2 is 1.61 bits per heavy atom. The third-order valence-corrected chi connectivity index (χ3v) is 8.55. The molecule has 1 fully saturated rings. The molecule has 4 aromatic rings. The van der Waals surface area contributed by atoms with E-state index in [1.165, 1.54) is 0 Å². The van der Waals surface area contributed by atoms with E-state index in [0.29, 0.717) is 56.2 Å². The van der Waals surface area contributed by atoms with Crippen LogP contribution in [0.3, 0.4) is 0 Å². The van der Waals surface area contributed by atoms with E-state index in [-0.39, 0.29) is 23.2 Å². The lowest BCUT2D eigenvalue weighted by atomic mass is 9.97. The number of para-hydroxylation sites is 1. The molecule has 0 spiro atoms. The monoisotopic (exact) mass is 592 g/mol. The Morgan fingerprint density at radius 1 is 0.864 bits per heavy atom. The van der Waals surface area contributed by atoms with Crippen LogP contribution in [0.1, 0.15) is 45.4 Å². The number of carbonyl (C=O) groups excluding carboxylic acids is 1. The summed E-state index contributed by atoms with van der Waals surface area (Å²) < 4.78 is 31.1. The van der Waals surface area contributed by atoms with E-state index in [2.05, 4.69) is 25.7 Å². The van der Waals surface area contributed by atoms with Crippen LogP contribution in [0.2, 0.25) is 0 Å². The first kappa shape index (κ1) is 28.8. The van der Waals surface area contributed by atoms with Gasteiger partial charge in [0.05, 0.1) is 29.0 Å². The average Bonchev–Trinajstić information content (AvgIpc) is 3.44. The number of aromatic nitrogens is 3. The second-order valence-electron chi connectivity index (χ2n) is 11.3. The van der Waals surface area contributed by atoms with Gasteiger partial charge in [0.25, 0.3) is 5.91 Å². The maximum absolute atomic E-state index is 14.7. The number of anilines is 2. The zero-order valence-electron chi connectivity index (χ0n) is 24.7. The number of benzene rings is 3. The van der Waals surface area contributed by atoms with Crippen LogP contribution in [0.4, 0.5) is 20.2 Å². The van der Waals surface area contributed by atoms with Crippen molar-refractivity contribution in [1.82, 2.24) is 19.7 Å². The summed E-state index contributed by atoms with van der Waals surface area (Å²) in [7, 11) is 0. The van der Waals surface area contributed by atoms with Gasteiger partial charge in [-0.1, -0.05) is 18.2 Å². The molecule has 44 heavy (non-hydrogen) atoms. The topological polar surface area (TPSA) is 105 Å². The predicted octanol–water partition coefficient (Wildman–Crippen LogP) is 4.95. The molecule has 1 atom stereocenters. The fourth-order valence-corrected chi connectivity index (χ4v) is 6.23. The summed E-state index contributed by atoms with van der Waals surface area (Å²) in [6, 6.07) is 17.0. The van der Waals surface area contributed by atoms with Crippen molar-refractivity contribution < 1.29 is 13.6 Å². The highest BCUT2D eigenvalue weighted by atomic mass is 19.1. The molecular weight excluding hydrogens is 562 g/mol. The Morgan fingerprint density at radius 3 is 2.36 bits per heavy atom. The molecule has 3 aromatic carbocycles. The summed E-state index contributed by atoms with van der Waals surface area (Å²) in [5.41, 5.74) is 4.42. The van der Waals surface area contributed by atoms with E-state index in [9.17, 15) is 18.8 Å². The SMILES string of the molecule is Cc1cc(C)c(-c2nnc3n2CCN(c2ccccc2C#N)C3)cc1C(=O)N1CCN(c2cc(F)c(C#N)cc2F)C[C@@H]1C. The van der Waals surface area contributed by atoms with Gasteiger partial charge in [0.2, 0.25) is 0 Å². The highest BCUT2D eigenvalue weighted by Crippen LogP contribution is 2.32. The average molecular weight is 593 g/mol. The second kappa shape index (κ2) is 11.4. The minimum atomic E-state index is -0.770. The van der Waals surface area contributed by atoms with Crippen LogP contribution < -0.4 is 9.80 Å².